The molecule has 0 aliphatic heterocycles. The molecule has 0 aliphatic rings. The predicted molar refractivity (Wildman–Crippen MR) is 99.8 cm³/mol. The van der Waals surface area contributed by atoms with Crippen molar-refractivity contribution in [1.82, 2.24) is 10.2 Å². The Balaban J connectivity index is 1.99. The van der Waals surface area contributed by atoms with E-state index >= 15 is 0 Å². The average molecular weight is 476 g/mol. The van der Waals surface area contributed by atoms with Crippen LogP contribution in [-0.4, -0.2) is 36.5 Å². The largest absolute Gasteiger partial charge is 0.405 e. The van der Waals surface area contributed by atoms with Gasteiger partial charge in [0.15, 0.2) is 0 Å². The smallest absolute Gasteiger partial charge is 0.343 e. The fourth-order valence-electron chi connectivity index (χ4n) is 2.23. The highest BCUT2D eigenvalue weighted by molar-refractivity contribution is 14.1. The van der Waals surface area contributed by atoms with Crippen LogP contribution in [0.15, 0.2) is 48.5 Å². The molecule has 2 aromatic rings. The minimum absolute atomic E-state index is 0.129. The molecule has 8 heteroatoms. The number of hydrogen-bond acceptors (Lipinski definition) is 2. The summed E-state index contributed by atoms with van der Waals surface area (Å²) in [6.07, 6.45) is -4.45. The third-order valence-electron chi connectivity index (χ3n) is 3.54. The number of alkyl halides is 3. The summed E-state index contributed by atoms with van der Waals surface area (Å²) in [4.78, 5) is 25.7. The van der Waals surface area contributed by atoms with Crippen molar-refractivity contribution in [1.29, 1.82) is 0 Å². The van der Waals surface area contributed by atoms with Crippen LogP contribution in [0.2, 0.25) is 0 Å². The third kappa shape index (κ3) is 5.72. The van der Waals surface area contributed by atoms with Crippen LogP contribution in [0.4, 0.5) is 13.2 Å². The van der Waals surface area contributed by atoms with Gasteiger partial charge in [0.05, 0.1) is 5.56 Å². The molecule has 2 aromatic carbocycles. The Bertz CT molecular complexity index is 792. The number of carbonyl (C=O) groups is 2. The molecule has 2 amide bonds. The Hall–Kier alpha value is -2.10. The van der Waals surface area contributed by atoms with E-state index < -0.39 is 18.6 Å². The molecule has 26 heavy (non-hydrogen) atoms. The number of rotatable bonds is 5. The van der Waals surface area contributed by atoms with Gasteiger partial charge in [0.25, 0.3) is 11.8 Å². The average Bonchev–Trinajstić information content (AvgIpc) is 2.59. The molecule has 0 aliphatic carbocycles. The summed E-state index contributed by atoms with van der Waals surface area (Å²) in [7, 11) is 1.66. The predicted octanol–water partition coefficient (Wildman–Crippen LogP) is 3.86. The highest BCUT2D eigenvalue weighted by Gasteiger charge is 2.27. The van der Waals surface area contributed by atoms with E-state index in [1.165, 1.54) is 17.0 Å². The van der Waals surface area contributed by atoms with Gasteiger partial charge in [0.2, 0.25) is 0 Å². The van der Waals surface area contributed by atoms with Crippen LogP contribution in [0.25, 0.3) is 0 Å². The minimum atomic E-state index is -4.45. The lowest BCUT2D eigenvalue weighted by atomic mass is 10.1. The van der Waals surface area contributed by atoms with Crippen molar-refractivity contribution in [3.05, 3.63) is 68.8 Å². The molecule has 0 unspecified atom stereocenters. The van der Waals surface area contributed by atoms with Crippen LogP contribution in [0.5, 0.6) is 0 Å². The lowest BCUT2D eigenvalue weighted by Crippen LogP contribution is -2.33. The summed E-state index contributed by atoms with van der Waals surface area (Å²) >= 11 is 2.09. The van der Waals surface area contributed by atoms with E-state index in [1.807, 2.05) is 17.4 Å². The summed E-state index contributed by atoms with van der Waals surface area (Å²) in [5, 5.41) is 1.82. The highest BCUT2D eigenvalue weighted by Crippen LogP contribution is 2.16. The molecule has 2 rings (SSSR count). The molecular weight excluding hydrogens is 460 g/mol. The second kappa shape index (κ2) is 8.52. The first-order chi connectivity index (χ1) is 12.2. The van der Waals surface area contributed by atoms with Crippen molar-refractivity contribution in [3.8, 4) is 0 Å². The van der Waals surface area contributed by atoms with Gasteiger partial charge in [-0.05, 0) is 52.4 Å². The first-order valence-electron chi connectivity index (χ1n) is 7.61. The molecule has 0 saturated carbocycles. The maximum atomic E-state index is 12.5. The van der Waals surface area contributed by atoms with Crippen LogP contribution in [0.1, 0.15) is 26.3 Å². The summed E-state index contributed by atoms with van der Waals surface area (Å²) in [6.45, 7) is -1.06. The second-order valence-electron chi connectivity index (χ2n) is 5.64. The van der Waals surface area contributed by atoms with Crippen molar-refractivity contribution in [2.24, 2.45) is 0 Å². The zero-order chi connectivity index (χ0) is 19.3. The number of benzene rings is 2. The van der Waals surface area contributed by atoms with Gasteiger partial charge < -0.3 is 10.2 Å². The van der Waals surface area contributed by atoms with Gasteiger partial charge in [0.1, 0.15) is 6.54 Å². The molecule has 0 heterocycles. The van der Waals surface area contributed by atoms with Crippen molar-refractivity contribution in [2.45, 2.75) is 12.7 Å². The zero-order valence-electron chi connectivity index (χ0n) is 13.8. The van der Waals surface area contributed by atoms with E-state index in [1.54, 1.807) is 31.3 Å². The number of carbonyl (C=O) groups excluding carboxylic acids is 2. The van der Waals surface area contributed by atoms with E-state index in [0.717, 1.165) is 9.13 Å². The van der Waals surface area contributed by atoms with Crippen LogP contribution in [0.3, 0.4) is 0 Å². The van der Waals surface area contributed by atoms with Gasteiger partial charge in [-0.25, -0.2) is 0 Å². The molecule has 4 nitrogen and oxygen atoms in total. The van der Waals surface area contributed by atoms with Crippen LogP contribution >= 0.6 is 22.6 Å². The number of nitrogens with one attached hydrogen (secondary N) is 1. The molecular formula is C18H16F3IN2O2. The Kier molecular flexibility index (Phi) is 6.63. The standard InChI is InChI=1S/C18H16F3IN2O2/c1-24(17(26)14-4-2-3-5-15(14)22)10-12-6-8-13(9-7-12)16(25)23-11-18(19,20)21/h2-9H,10-11H2,1H3,(H,23,25). The van der Waals surface area contributed by atoms with Crippen molar-refractivity contribution in [3.63, 3.8) is 0 Å². The normalized spacial score (nSPS) is 11.1. The molecule has 138 valence electrons. The first-order valence-corrected chi connectivity index (χ1v) is 8.69. The highest BCUT2D eigenvalue weighted by atomic mass is 127. The van der Waals surface area contributed by atoms with Crippen molar-refractivity contribution >= 4 is 34.4 Å². The molecule has 0 spiro atoms. The lowest BCUT2D eigenvalue weighted by molar-refractivity contribution is -0.123. The van der Waals surface area contributed by atoms with Gasteiger partial charge in [-0.15, -0.1) is 0 Å². The quantitative estimate of drug-likeness (QED) is 0.667. The fraction of sp³-hybridized carbons (Fsp3) is 0.222. The third-order valence-corrected chi connectivity index (χ3v) is 4.48. The number of hydrogen-bond donors (Lipinski definition) is 1. The molecule has 1 N–H and O–H groups in total. The van der Waals surface area contributed by atoms with Gasteiger partial charge in [-0.3, -0.25) is 9.59 Å². The number of halogens is 4. The van der Waals surface area contributed by atoms with Crippen LogP contribution in [-0.2, 0) is 6.54 Å². The van der Waals surface area contributed by atoms with E-state index in [2.05, 4.69) is 22.6 Å². The van der Waals surface area contributed by atoms with Gasteiger partial charge >= 0.3 is 6.18 Å². The van der Waals surface area contributed by atoms with E-state index in [0.29, 0.717) is 12.1 Å². The molecule has 0 bridgehead atoms. The zero-order valence-corrected chi connectivity index (χ0v) is 16.0. The number of amides is 2. The maximum absolute atomic E-state index is 12.5. The first kappa shape index (κ1) is 20.2. The van der Waals surface area contributed by atoms with Gasteiger partial charge in [-0.2, -0.15) is 13.2 Å². The molecule has 0 atom stereocenters. The summed E-state index contributed by atoms with van der Waals surface area (Å²) < 4.78 is 37.2. The summed E-state index contributed by atoms with van der Waals surface area (Å²) in [5.41, 5.74) is 1.49. The van der Waals surface area contributed by atoms with Gasteiger partial charge in [0, 0.05) is 22.7 Å². The Morgan fingerprint density at radius 3 is 2.27 bits per heavy atom. The summed E-state index contributed by atoms with van der Waals surface area (Å²) in [6, 6.07) is 13.3. The summed E-state index contributed by atoms with van der Waals surface area (Å²) in [5.74, 6) is -0.931. The van der Waals surface area contributed by atoms with Crippen LogP contribution in [0, 0.1) is 3.57 Å². The van der Waals surface area contributed by atoms with Crippen molar-refractivity contribution in [2.75, 3.05) is 13.6 Å². The maximum Gasteiger partial charge on any atom is 0.405 e. The molecule has 0 radical (unpaired) electrons. The topological polar surface area (TPSA) is 49.4 Å². The minimum Gasteiger partial charge on any atom is -0.343 e. The Morgan fingerprint density at radius 1 is 1.08 bits per heavy atom. The molecule has 0 aromatic heterocycles. The van der Waals surface area contributed by atoms with Crippen LogP contribution < -0.4 is 5.32 Å². The van der Waals surface area contributed by atoms with E-state index in [4.69, 9.17) is 0 Å². The van der Waals surface area contributed by atoms with E-state index in [9.17, 15) is 22.8 Å². The monoisotopic (exact) mass is 476 g/mol. The SMILES string of the molecule is CN(Cc1ccc(C(=O)NCC(F)(F)F)cc1)C(=O)c1ccccc1I. The fourth-order valence-corrected chi connectivity index (χ4v) is 2.85. The lowest BCUT2D eigenvalue weighted by Gasteiger charge is -2.18. The molecule has 0 fully saturated rings. The Labute approximate surface area is 162 Å². The van der Waals surface area contributed by atoms with Crippen molar-refractivity contribution < 1.29 is 22.8 Å². The molecule has 0 saturated heterocycles. The second-order valence-corrected chi connectivity index (χ2v) is 6.80. The Morgan fingerprint density at radius 2 is 1.69 bits per heavy atom. The van der Waals surface area contributed by atoms with Gasteiger partial charge in [-0.1, -0.05) is 24.3 Å². The number of nitrogens with zero attached hydrogens (tertiary/aromatic N) is 1. The van der Waals surface area contributed by atoms with E-state index in [-0.39, 0.29) is 11.5 Å².